The molecular weight excluding hydrogens is 258 g/mol. The fraction of sp³-hybridized carbons (Fsp3) is 0.308. The molecule has 1 unspecified atom stereocenters. The molecule has 0 aliphatic heterocycles. The van der Waals surface area contributed by atoms with E-state index in [9.17, 15) is 9.59 Å². The molecule has 106 valence electrons. The Balaban J connectivity index is 2.05. The van der Waals surface area contributed by atoms with Crippen LogP contribution in [-0.2, 0) is 4.79 Å². The van der Waals surface area contributed by atoms with Gasteiger partial charge in [-0.3, -0.25) is 4.79 Å². The van der Waals surface area contributed by atoms with E-state index >= 15 is 0 Å². The van der Waals surface area contributed by atoms with Crippen LogP contribution in [0.3, 0.4) is 0 Å². The Kier molecular flexibility index (Phi) is 3.88. The van der Waals surface area contributed by atoms with Crippen molar-refractivity contribution in [1.82, 2.24) is 15.3 Å². The van der Waals surface area contributed by atoms with Gasteiger partial charge in [0.25, 0.3) is 0 Å². The van der Waals surface area contributed by atoms with Crippen LogP contribution in [0.15, 0.2) is 24.5 Å². The Hall–Kier alpha value is -2.57. The van der Waals surface area contributed by atoms with Crippen molar-refractivity contribution in [2.24, 2.45) is 11.7 Å². The summed E-state index contributed by atoms with van der Waals surface area (Å²) in [6.45, 7) is 3.62. The highest BCUT2D eigenvalue weighted by Crippen LogP contribution is 2.14. The molecule has 7 heteroatoms. The van der Waals surface area contributed by atoms with Gasteiger partial charge in [0.1, 0.15) is 11.7 Å². The topological polar surface area (TPSA) is 113 Å². The van der Waals surface area contributed by atoms with E-state index in [1.807, 2.05) is 19.9 Å². The minimum absolute atomic E-state index is 0.0801. The first-order valence-electron chi connectivity index (χ1n) is 6.27. The minimum atomic E-state index is -0.709. The summed E-state index contributed by atoms with van der Waals surface area (Å²) in [6.07, 6.45) is 3.30. The van der Waals surface area contributed by atoms with E-state index in [2.05, 4.69) is 20.6 Å². The van der Waals surface area contributed by atoms with Crippen LogP contribution in [0.2, 0.25) is 0 Å². The molecule has 0 fully saturated rings. The SMILES string of the molecule is CC(C)C(NC(=O)Nc1cnc2[nH]ccc2c1)C(N)=O. The van der Waals surface area contributed by atoms with Gasteiger partial charge in [0.05, 0.1) is 11.9 Å². The van der Waals surface area contributed by atoms with E-state index in [1.54, 1.807) is 12.3 Å². The highest BCUT2D eigenvalue weighted by atomic mass is 16.2. The summed E-state index contributed by atoms with van der Waals surface area (Å²) >= 11 is 0. The molecule has 20 heavy (non-hydrogen) atoms. The summed E-state index contributed by atoms with van der Waals surface area (Å²) in [5.41, 5.74) is 6.53. The number of carbonyl (C=O) groups excluding carboxylic acids is 2. The number of amides is 3. The summed E-state index contributed by atoms with van der Waals surface area (Å²) in [4.78, 5) is 30.2. The number of nitrogens with zero attached hydrogens (tertiary/aromatic N) is 1. The molecule has 0 saturated heterocycles. The van der Waals surface area contributed by atoms with Gasteiger partial charge in [-0.05, 0) is 18.1 Å². The first-order valence-corrected chi connectivity index (χ1v) is 6.27. The van der Waals surface area contributed by atoms with E-state index in [-0.39, 0.29) is 5.92 Å². The molecule has 0 aliphatic carbocycles. The smallest absolute Gasteiger partial charge is 0.319 e. The second-order valence-corrected chi connectivity index (χ2v) is 4.86. The lowest BCUT2D eigenvalue weighted by Gasteiger charge is -2.19. The Morgan fingerprint density at radius 2 is 2.15 bits per heavy atom. The average molecular weight is 275 g/mol. The minimum Gasteiger partial charge on any atom is -0.368 e. The summed E-state index contributed by atoms with van der Waals surface area (Å²) in [5, 5.41) is 6.06. The fourth-order valence-electron chi connectivity index (χ4n) is 1.88. The lowest BCUT2D eigenvalue weighted by atomic mass is 10.0. The summed E-state index contributed by atoms with van der Waals surface area (Å²) in [6, 6.07) is 2.44. The molecule has 1 atom stereocenters. The number of nitrogens with one attached hydrogen (secondary N) is 3. The highest BCUT2D eigenvalue weighted by Gasteiger charge is 2.21. The van der Waals surface area contributed by atoms with E-state index < -0.39 is 18.0 Å². The monoisotopic (exact) mass is 275 g/mol. The third-order valence-electron chi connectivity index (χ3n) is 2.92. The Bertz CT molecular complexity index is 634. The van der Waals surface area contributed by atoms with Gasteiger partial charge in [0.15, 0.2) is 0 Å². The van der Waals surface area contributed by atoms with Gasteiger partial charge >= 0.3 is 6.03 Å². The van der Waals surface area contributed by atoms with E-state index in [0.717, 1.165) is 11.0 Å². The van der Waals surface area contributed by atoms with Crippen molar-refractivity contribution in [3.8, 4) is 0 Å². The maximum Gasteiger partial charge on any atom is 0.319 e. The van der Waals surface area contributed by atoms with E-state index in [1.165, 1.54) is 6.20 Å². The number of fused-ring (bicyclic) bond motifs is 1. The molecule has 0 spiro atoms. The number of aromatic amines is 1. The van der Waals surface area contributed by atoms with Crippen molar-refractivity contribution in [1.29, 1.82) is 0 Å². The molecule has 2 heterocycles. The first kappa shape index (κ1) is 13.9. The number of aromatic nitrogens is 2. The maximum atomic E-state index is 11.8. The number of primary amides is 1. The number of anilines is 1. The van der Waals surface area contributed by atoms with Crippen LogP contribution in [0.1, 0.15) is 13.8 Å². The lowest BCUT2D eigenvalue weighted by molar-refractivity contribution is -0.120. The second kappa shape index (κ2) is 5.60. The van der Waals surface area contributed by atoms with Gasteiger partial charge in [-0.1, -0.05) is 13.8 Å². The zero-order chi connectivity index (χ0) is 14.7. The molecule has 0 aliphatic rings. The van der Waals surface area contributed by atoms with Crippen LogP contribution in [0.25, 0.3) is 11.0 Å². The molecule has 2 aromatic heterocycles. The molecular formula is C13H17N5O2. The van der Waals surface area contributed by atoms with Crippen molar-refractivity contribution >= 4 is 28.7 Å². The van der Waals surface area contributed by atoms with Crippen molar-refractivity contribution < 1.29 is 9.59 Å². The van der Waals surface area contributed by atoms with Gasteiger partial charge in [-0.25, -0.2) is 9.78 Å². The van der Waals surface area contributed by atoms with Crippen LogP contribution < -0.4 is 16.4 Å². The predicted octanol–water partition coefficient (Wildman–Crippen LogP) is 1.19. The van der Waals surface area contributed by atoms with Crippen LogP contribution in [0, 0.1) is 5.92 Å². The van der Waals surface area contributed by atoms with Crippen molar-refractivity contribution in [2.45, 2.75) is 19.9 Å². The third-order valence-corrected chi connectivity index (χ3v) is 2.92. The van der Waals surface area contributed by atoms with Crippen LogP contribution in [0.5, 0.6) is 0 Å². The number of carbonyl (C=O) groups is 2. The van der Waals surface area contributed by atoms with Gasteiger partial charge in [0.2, 0.25) is 5.91 Å². The van der Waals surface area contributed by atoms with Crippen molar-refractivity contribution in [3.05, 3.63) is 24.5 Å². The summed E-state index contributed by atoms with van der Waals surface area (Å²) in [5.74, 6) is -0.641. The first-order chi connectivity index (χ1) is 9.47. The number of hydrogen-bond acceptors (Lipinski definition) is 3. The second-order valence-electron chi connectivity index (χ2n) is 4.86. The van der Waals surface area contributed by atoms with E-state index in [4.69, 9.17) is 5.73 Å². The third kappa shape index (κ3) is 3.05. The highest BCUT2D eigenvalue weighted by molar-refractivity contribution is 5.94. The van der Waals surface area contributed by atoms with Gasteiger partial charge in [0, 0.05) is 11.6 Å². The van der Waals surface area contributed by atoms with Crippen LogP contribution in [0.4, 0.5) is 10.5 Å². The van der Waals surface area contributed by atoms with Gasteiger partial charge in [-0.15, -0.1) is 0 Å². The standard InChI is InChI=1S/C13H17N5O2/c1-7(2)10(11(14)19)18-13(20)17-9-5-8-3-4-15-12(8)16-6-9/h3-7,10H,1-2H3,(H2,14,19)(H,15,16)(H2,17,18,20). The van der Waals surface area contributed by atoms with Crippen molar-refractivity contribution in [2.75, 3.05) is 5.32 Å². The molecule has 0 aromatic carbocycles. The molecule has 5 N–H and O–H groups in total. The normalized spacial score (nSPS) is 12.3. The Morgan fingerprint density at radius 3 is 2.80 bits per heavy atom. The zero-order valence-electron chi connectivity index (χ0n) is 11.3. The van der Waals surface area contributed by atoms with E-state index in [0.29, 0.717) is 5.69 Å². The van der Waals surface area contributed by atoms with Gasteiger partial charge < -0.3 is 21.4 Å². The zero-order valence-corrected chi connectivity index (χ0v) is 11.3. The number of rotatable bonds is 4. The molecule has 2 rings (SSSR count). The summed E-state index contributed by atoms with van der Waals surface area (Å²) < 4.78 is 0. The van der Waals surface area contributed by atoms with Crippen molar-refractivity contribution in [3.63, 3.8) is 0 Å². The predicted molar refractivity (Wildman–Crippen MR) is 76.1 cm³/mol. The Morgan fingerprint density at radius 1 is 1.40 bits per heavy atom. The molecule has 2 aromatic rings. The number of urea groups is 1. The fourth-order valence-corrected chi connectivity index (χ4v) is 1.88. The largest absolute Gasteiger partial charge is 0.368 e. The maximum absolute atomic E-state index is 11.8. The molecule has 7 nitrogen and oxygen atoms in total. The molecule has 0 radical (unpaired) electrons. The molecule has 0 bridgehead atoms. The Labute approximate surface area is 115 Å². The number of pyridine rings is 1. The number of nitrogens with two attached hydrogens (primary N) is 1. The lowest BCUT2D eigenvalue weighted by Crippen LogP contribution is -2.49. The molecule has 3 amide bonds. The summed E-state index contributed by atoms with van der Waals surface area (Å²) in [7, 11) is 0. The van der Waals surface area contributed by atoms with Crippen LogP contribution in [-0.4, -0.2) is 27.9 Å². The van der Waals surface area contributed by atoms with Crippen LogP contribution >= 0.6 is 0 Å². The number of hydrogen-bond donors (Lipinski definition) is 4. The van der Waals surface area contributed by atoms with Gasteiger partial charge in [-0.2, -0.15) is 0 Å². The quantitative estimate of drug-likeness (QED) is 0.672. The number of H-pyrrole nitrogens is 1. The average Bonchev–Trinajstić information content (AvgIpc) is 2.82. The molecule has 0 saturated carbocycles.